The van der Waals surface area contributed by atoms with Crippen molar-refractivity contribution in [2.24, 2.45) is 5.11 Å². The molecule has 0 N–H and O–H groups in total. The van der Waals surface area contributed by atoms with Gasteiger partial charge < -0.3 is 0 Å². The van der Waals surface area contributed by atoms with Gasteiger partial charge in [-0.2, -0.15) is 11.8 Å². The van der Waals surface area contributed by atoms with E-state index in [1.165, 1.54) is 11.8 Å². The van der Waals surface area contributed by atoms with Gasteiger partial charge in [-0.1, -0.05) is 16.9 Å². The Morgan fingerprint density at radius 1 is 1.85 bits per heavy atom. The first-order chi connectivity index (χ1) is 6.22. The number of carbonyl (C=O) groups excluding carboxylic acids is 1. The van der Waals surface area contributed by atoms with Crippen LogP contribution in [0.2, 0.25) is 0 Å². The second-order valence-electron chi connectivity index (χ2n) is 2.84. The van der Waals surface area contributed by atoms with Crippen molar-refractivity contribution in [1.29, 1.82) is 0 Å². The third kappa shape index (κ3) is 3.93. The first-order valence-electron chi connectivity index (χ1n) is 4.02. The van der Waals surface area contributed by atoms with Gasteiger partial charge in [0.25, 0.3) is 0 Å². The molecule has 1 saturated heterocycles. The maximum Gasteiger partial charge on any atom is 0.186 e. The minimum Gasteiger partial charge on any atom is -0.288 e. The van der Waals surface area contributed by atoms with E-state index in [4.69, 9.17) is 5.53 Å². The lowest BCUT2D eigenvalue weighted by Gasteiger charge is -2.04. The van der Waals surface area contributed by atoms with Gasteiger partial charge >= 0.3 is 0 Å². The molecule has 0 bridgehead atoms. The molecule has 1 aliphatic rings. The van der Waals surface area contributed by atoms with Crippen LogP contribution in [0.25, 0.3) is 10.4 Å². The molecule has 4 nitrogen and oxygen atoms in total. The molecule has 0 aromatic carbocycles. The Morgan fingerprint density at radius 3 is 3.23 bits per heavy atom. The van der Waals surface area contributed by atoms with Crippen molar-refractivity contribution in [3.8, 4) is 0 Å². The summed E-state index contributed by atoms with van der Waals surface area (Å²) in [5, 5.41) is 4.54. The molecule has 1 aliphatic heterocycles. The normalized spacial score (nSPS) is 26.8. The van der Waals surface area contributed by atoms with Gasteiger partial charge in [-0.25, -0.2) is 0 Å². The topological polar surface area (TPSA) is 65.8 Å². The standard InChI is InChI=1S/C7H11N3OS2/c1-5(11)13-7-2-6(12-4-7)3-9-10-8/h6-7H,2-4H2,1H3. The van der Waals surface area contributed by atoms with E-state index in [2.05, 4.69) is 10.0 Å². The highest BCUT2D eigenvalue weighted by molar-refractivity contribution is 8.15. The van der Waals surface area contributed by atoms with Crippen molar-refractivity contribution >= 4 is 28.6 Å². The van der Waals surface area contributed by atoms with E-state index in [1.807, 2.05) is 0 Å². The molecule has 2 unspecified atom stereocenters. The van der Waals surface area contributed by atoms with Gasteiger partial charge in [0, 0.05) is 34.6 Å². The summed E-state index contributed by atoms with van der Waals surface area (Å²) in [7, 11) is 0. The molecule has 1 rings (SSSR count). The van der Waals surface area contributed by atoms with Crippen LogP contribution in [-0.4, -0.2) is 27.9 Å². The van der Waals surface area contributed by atoms with Crippen LogP contribution >= 0.6 is 23.5 Å². The predicted molar refractivity (Wildman–Crippen MR) is 56.9 cm³/mol. The van der Waals surface area contributed by atoms with Gasteiger partial charge in [0.1, 0.15) is 0 Å². The predicted octanol–water partition coefficient (Wildman–Crippen LogP) is 2.45. The fourth-order valence-corrected chi connectivity index (χ4v) is 3.84. The molecule has 0 aromatic heterocycles. The van der Waals surface area contributed by atoms with Crippen molar-refractivity contribution in [1.82, 2.24) is 0 Å². The number of nitrogens with zero attached hydrogens (tertiary/aromatic N) is 3. The van der Waals surface area contributed by atoms with E-state index in [1.54, 1.807) is 18.7 Å². The number of thioether (sulfide) groups is 2. The van der Waals surface area contributed by atoms with Crippen molar-refractivity contribution in [3.63, 3.8) is 0 Å². The van der Waals surface area contributed by atoms with Crippen LogP contribution in [0, 0.1) is 0 Å². The van der Waals surface area contributed by atoms with Crippen molar-refractivity contribution in [2.75, 3.05) is 12.3 Å². The smallest absolute Gasteiger partial charge is 0.186 e. The molecule has 0 radical (unpaired) electrons. The fraction of sp³-hybridized carbons (Fsp3) is 0.857. The number of hydrogen-bond acceptors (Lipinski definition) is 4. The molecule has 0 spiro atoms. The Hall–Kier alpha value is -0.320. The van der Waals surface area contributed by atoms with Crippen LogP contribution < -0.4 is 0 Å². The lowest BCUT2D eigenvalue weighted by Crippen LogP contribution is -2.07. The Morgan fingerprint density at radius 2 is 2.62 bits per heavy atom. The average molecular weight is 217 g/mol. The second-order valence-corrected chi connectivity index (χ2v) is 5.65. The zero-order valence-corrected chi connectivity index (χ0v) is 8.98. The van der Waals surface area contributed by atoms with Crippen LogP contribution in [0.1, 0.15) is 13.3 Å². The average Bonchev–Trinajstić information content (AvgIpc) is 2.48. The van der Waals surface area contributed by atoms with E-state index in [0.29, 0.717) is 17.0 Å². The summed E-state index contributed by atoms with van der Waals surface area (Å²) < 4.78 is 0. The lowest BCUT2D eigenvalue weighted by atomic mass is 10.2. The van der Waals surface area contributed by atoms with E-state index in [9.17, 15) is 4.79 Å². The Balaban J connectivity index is 2.27. The van der Waals surface area contributed by atoms with Crippen LogP contribution in [0.3, 0.4) is 0 Å². The molecule has 1 heterocycles. The quantitative estimate of drug-likeness (QED) is 0.414. The molecule has 0 aromatic rings. The number of rotatable bonds is 3. The number of hydrogen-bond donors (Lipinski definition) is 0. The summed E-state index contributed by atoms with van der Waals surface area (Å²) in [6, 6.07) is 0. The lowest BCUT2D eigenvalue weighted by molar-refractivity contribution is -0.109. The largest absolute Gasteiger partial charge is 0.288 e. The summed E-state index contributed by atoms with van der Waals surface area (Å²) in [5.74, 6) is 0.996. The van der Waals surface area contributed by atoms with Crippen molar-refractivity contribution in [2.45, 2.75) is 23.8 Å². The molecular weight excluding hydrogens is 206 g/mol. The minimum atomic E-state index is 0.176. The van der Waals surface area contributed by atoms with Crippen LogP contribution in [0.4, 0.5) is 0 Å². The summed E-state index contributed by atoms with van der Waals surface area (Å²) in [4.78, 5) is 13.5. The highest BCUT2D eigenvalue weighted by atomic mass is 32.2. The SMILES string of the molecule is CC(=O)SC1CSC(CN=[N+]=[N-])C1. The number of carbonyl (C=O) groups is 1. The molecule has 2 atom stereocenters. The van der Waals surface area contributed by atoms with E-state index < -0.39 is 0 Å². The summed E-state index contributed by atoms with van der Waals surface area (Å²) in [6.07, 6.45) is 0.980. The zero-order valence-electron chi connectivity index (χ0n) is 7.34. The minimum absolute atomic E-state index is 0.176. The third-order valence-electron chi connectivity index (χ3n) is 1.72. The Kier molecular flexibility index (Phi) is 4.48. The van der Waals surface area contributed by atoms with Gasteiger partial charge in [0.2, 0.25) is 0 Å². The maximum absolute atomic E-state index is 10.8. The van der Waals surface area contributed by atoms with Gasteiger partial charge in [-0.3, -0.25) is 4.79 Å². The van der Waals surface area contributed by atoms with Crippen LogP contribution in [0.5, 0.6) is 0 Å². The van der Waals surface area contributed by atoms with Gasteiger partial charge in [-0.15, -0.1) is 0 Å². The zero-order chi connectivity index (χ0) is 9.68. The van der Waals surface area contributed by atoms with Gasteiger partial charge in [-0.05, 0) is 12.0 Å². The monoisotopic (exact) mass is 217 g/mol. The molecule has 72 valence electrons. The fourth-order valence-electron chi connectivity index (χ4n) is 1.24. The number of azide groups is 1. The first kappa shape index (κ1) is 10.8. The molecular formula is C7H11N3OS2. The van der Waals surface area contributed by atoms with Crippen molar-refractivity contribution < 1.29 is 4.79 Å². The van der Waals surface area contributed by atoms with E-state index in [0.717, 1.165) is 12.2 Å². The Labute approximate surface area is 85.5 Å². The van der Waals surface area contributed by atoms with E-state index >= 15 is 0 Å². The van der Waals surface area contributed by atoms with Crippen molar-refractivity contribution in [3.05, 3.63) is 10.4 Å². The molecule has 1 fully saturated rings. The molecule has 13 heavy (non-hydrogen) atoms. The van der Waals surface area contributed by atoms with Gasteiger partial charge in [0.15, 0.2) is 5.12 Å². The summed E-state index contributed by atoms with van der Waals surface area (Å²) in [5.41, 5.74) is 8.13. The Bertz CT molecular complexity index is 230. The summed E-state index contributed by atoms with van der Waals surface area (Å²) >= 11 is 3.20. The highest BCUT2D eigenvalue weighted by Gasteiger charge is 2.25. The van der Waals surface area contributed by atoms with E-state index in [-0.39, 0.29) is 5.12 Å². The molecule has 0 aliphatic carbocycles. The second kappa shape index (κ2) is 5.42. The van der Waals surface area contributed by atoms with Gasteiger partial charge in [0.05, 0.1) is 0 Å². The summed E-state index contributed by atoms with van der Waals surface area (Å²) in [6.45, 7) is 2.15. The highest BCUT2D eigenvalue weighted by Crippen LogP contribution is 2.34. The molecule has 0 saturated carbocycles. The molecule has 6 heteroatoms. The maximum atomic E-state index is 10.8. The first-order valence-corrected chi connectivity index (χ1v) is 5.95. The molecule has 0 amide bonds. The van der Waals surface area contributed by atoms with Crippen LogP contribution in [-0.2, 0) is 4.79 Å². The third-order valence-corrected chi connectivity index (χ3v) is 4.37. The van der Waals surface area contributed by atoms with Crippen LogP contribution in [0.15, 0.2) is 5.11 Å².